The predicted octanol–water partition coefficient (Wildman–Crippen LogP) is 2.49. The lowest BCUT2D eigenvalue weighted by Crippen LogP contribution is -2.27. The van der Waals surface area contributed by atoms with Crippen LogP contribution in [0.15, 0.2) is 54.9 Å². The van der Waals surface area contributed by atoms with Crippen molar-refractivity contribution < 1.29 is 4.79 Å². The van der Waals surface area contributed by atoms with Crippen molar-refractivity contribution in [2.45, 2.75) is 18.9 Å². The van der Waals surface area contributed by atoms with Crippen LogP contribution in [0.1, 0.15) is 28.4 Å². The molecule has 0 radical (unpaired) electrons. The van der Waals surface area contributed by atoms with Gasteiger partial charge in [-0.15, -0.1) is 0 Å². The Hall–Kier alpha value is -3.32. The summed E-state index contributed by atoms with van der Waals surface area (Å²) >= 11 is 0. The van der Waals surface area contributed by atoms with Gasteiger partial charge in [-0.1, -0.05) is 12.1 Å². The average Bonchev–Trinajstić information content (AvgIpc) is 3.41. The summed E-state index contributed by atoms with van der Waals surface area (Å²) in [5, 5.41) is 13.2. The van der Waals surface area contributed by atoms with Gasteiger partial charge in [-0.05, 0) is 43.3 Å². The molecule has 29 heavy (non-hydrogen) atoms. The summed E-state index contributed by atoms with van der Waals surface area (Å²) < 4.78 is 1.91. The van der Waals surface area contributed by atoms with Crippen molar-refractivity contribution in [1.82, 2.24) is 30.4 Å². The van der Waals surface area contributed by atoms with Gasteiger partial charge in [-0.25, -0.2) is 9.67 Å². The summed E-state index contributed by atoms with van der Waals surface area (Å²) in [5.41, 5.74) is 3.43. The number of fused-ring (bicyclic) bond motifs is 2. The third-order valence-corrected chi connectivity index (χ3v) is 5.48. The van der Waals surface area contributed by atoms with Gasteiger partial charge in [0, 0.05) is 47.7 Å². The Morgan fingerprint density at radius 3 is 2.83 bits per heavy atom. The first-order chi connectivity index (χ1) is 14.3. The van der Waals surface area contributed by atoms with Crippen molar-refractivity contribution in [2.75, 3.05) is 19.6 Å². The van der Waals surface area contributed by atoms with Gasteiger partial charge in [0.1, 0.15) is 0 Å². The molecule has 3 aromatic heterocycles. The molecule has 4 heterocycles. The summed E-state index contributed by atoms with van der Waals surface area (Å²) in [6.07, 6.45) is 4.61. The van der Waals surface area contributed by atoms with E-state index in [2.05, 4.69) is 26.7 Å². The molecular formula is C22H22N6O. The molecule has 1 amide bonds. The lowest BCUT2D eigenvalue weighted by atomic mass is 10.0. The first-order valence-corrected chi connectivity index (χ1v) is 9.95. The number of benzene rings is 1. The molecule has 0 aliphatic carbocycles. The fraction of sp³-hybridized carbons (Fsp3) is 0.273. The highest BCUT2D eigenvalue weighted by Crippen LogP contribution is 2.27. The van der Waals surface area contributed by atoms with E-state index < -0.39 is 0 Å². The van der Waals surface area contributed by atoms with Gasteiger partial charge in [0.25, 0.3) is 5.91 Å². The summed E-state index contributed by atoms with van der Waals surface area (Å²) in [6.45, 7) is 3.02. The molecule has 1 saturated heterocycles. The van der Waals surface area contributed by atoms with Crippen molar-refractivity contribution >= 4 is 27.8 Å². The molecule has 0 saturated carbocycles. The van der Waals surface area contributed by atoms with Crippen molar-refractivity contribution in [3.63, 3.8) is 0 Å². The van der Waals surface area contributed by atoms with Gasteiger partial charge in [0.15, 0.2) is 5.65 Å². The molecular weight excluding hydrogens is 364 g/mol. The number of nitrogens with one attached hydrogen (secondary N) is 2. The second kappa shape index (κ2) is 7.60. The molecule has 1 fully saturated rings. The smallest absolute Gasteiger partial charge is 0.252 e. The Balaban J connectivity index is 1.34. The highest BCUT2D eigenvalue weighted by molar-refractivity contribution is 6.06. The molecule has 146 valence electrons. The number of hydrogen-bond donors (Lipinski definition) is 2. The topological polar surface area (TPSA) is 84.7 Å². The van der Waals surface area contributed by atoms with Crippen LogP contribution >= 0.6 is 0 Å². The monoisotopic (exact) mass is 386 g/mol. The van der Waals surface area contributed by atoms with Crippen LogP contribution in [0.4, 0.5) is 0 Å². The Bertz CT molecular complexity index is 1170. The number of hydrogen-bond acceptors (Lipinski definition) is 5. The maximum absolute atomic E-state index is 12.7. The highest BCUT2D eigenvalue weighted by atomic mass is 16.1. The molecule has 1 atom stereocenters. The summed E-state index contributed by atoms with van der Waals surface area (Å²) in [5.74, 6) is 0.314. The van der Waals surface area contributed by atoms with Gasteiger partial charge in [-0.2, -0.15) is 5.10 Å². The predicted molar refractivity (Wildman–Crippen MR) is 112 cm³/mol. The normalized spacial score (nSPS) is 16.5. The van der Waals surface area contributed by atoms with Crippen LogP contribution in [0.25, 0.3) is 21.9 Å². The zero-order valence-corrected chi connectivity index (χ0v) is 16.0. The van der Waals surface area contributed by atoms with Crippen LogP contribution in [0.2, 0.25) is 0 Å². The lowest BCUT2D eigenvalue weighted by Gasteiger charge is -2.08. The molecule has 1 aliphatic heterocycles. The molecule has 1 unspecified atom stereocenters. The number of carbonyl (C=O) groups excluding carboxylic acids is 1. The van der Waals surface area contributed by atoms with E-state index in [0.29, 0.717) is 24.6 Å². The maximum Gasteiger partial charge on any atom is 0.252 e. The molecule has 7 heteroatoms. The third kappa shape index (κ3) is 3.34. The van der Waals surface area contributed by atoms with Crippen molar-refractivity contribution in [2.24, 2.45) is 0 Å². The highest BCUT2D eigenvalue weighted by Gasteiger charge is 2.23. The Morgan fingerprint density at radius 2 is 1.97 bits per heavy atom. The Labute approximate surface area is 168 Å². The van der Waals surface area contributed by atoms with E-state index in [1.54, 1.807) is 12.4 Å². The van der Waals surface area contributed by atoms with Crippen LogP contribution in [0.3, 0.4) is 0 Å². The van der Waals surface area contributed by atoms with E-state index in [1.165, 1.54) is 0 Å². The number of carbonyl (C=O) groups is 1. The minimum absolute atomic E-state index is 0.103. The van der Waals surface area contributed by atoms with Crippen LogP contribution in [-0.2, 0) is 6.54 Å². The van der Waals surface area contributed by atoms with E-state index in [9.17, 15) is 4.79 Å². The molecule has 4 aromatic rings. The van der Waals surface area contributed by atoms with E-state index >= 15 is 0 Å². The Morgan fingerprint density at radius 1 is 1.10 bits per heavy atom. The summed E-state index contributed by atoms with van der Waals surface area (Å²) in [4.78, 5) is 21.6. The minimum Gasteiger partial charge on any atom is -0.350 e. The number of nitrogens with zero attached hydrogens (tertiary/aromatic N) is 4. The van der Waals surface area contributed by atoms with E-state index in [1.807, 2.05) is 41.1 Å². The summed E-state index contributed by atoms with van der Waals surface area (Å²) in [7, 11) is 0. The van der Waals surface area contributed by atoms with Crippen LogP contribution in [0.5, 0.6) is 0 Å². The maximum atomic E-state index is 12.7. The molecule has 2 N–H and O–H groups in total. The van der Waals surface area contributed by atoms with Crippen molar-refractivity contribution in [1.29, 1.82) is 0 Å². The first-order valence-electron chi connectivity index (χ1n) is 9.95. The molecule has 1 aliphatic rings. The SMILES string of the molecule is O=C(NCCn1nc(C2CCNC2)c2cccnc21)c1cccc2ncccc12. The van der Waals surface area contributed by atoms with Crippen molar-refractivity contribution in [3.8, 4) is 0 Å². The van der Waals surface area contributed by atoms with Gasteiger partial charge in [0.05, 0.1) is 17.8 Å². The van der Waals surface area contributed by atoms with E-state index in [4.69, 9.17) is 5.10 Å². The average molecular weight is 386 g/mol. The van der Waals surface area contributed by atoms with Crippen LogP contribution < -0.4 is 10.6 Å². The second-order valence-corrected chi connectivity index (χ2v) is 7.30. The standard InChI is InChI=1S/C22H22N6O/c29-22(17-4-1-7-19-16(17)5-2-9-24-19)26-12-13-28-21-18(6-3-10-25-21)20(27-28)15-8-11-23-14-15/h1-7,9-10,15,23H,8,11-14H2,(H,26,29). The number of rotatable bonds is 5. The molecule has 5 rings (SSSR count). The van der Waals surface area contributed by atoms with Gasteiger partial charge < -0.3 is 10.6 Å². The fourth-order valence-corrected chi connectivity index (χ4v) is 4.05. The number of pyridine rings is 2. The zero-order chi connectivity index (χ0) is 19.6. The summed E-state index contributed by atoms with van der Waals surface area (Å²) in [6, 6.07) is 13.4. The van der Waals surface area contributed by atoms with Gasteiger partial charge in [0.2, 0.25) is 0 Å². The van der Waals surface area contributed by atoms with Gasteiger partial charge in [-0.3, -0.25) is 9.78 Å². The number of aromatic nitrogens is 4. The molecule has 0 spiro atoms. The molecule has 7 nitrogen and oxygen atoms in total. The van der Waals surface area contributed by atoms with Gasteiger partial charge >= 0.3 is 0 Å². The molecule has 1 aromatic carbocycles. The molecule has 0 bridgehead atoms. The van der Waals surface area contributed by atoms with E-state index in [-0.39, 0.29) is 5.91 Å². The Kier molecular flexibility index (Phi) is 4.65. The van der Waals surface area contributed by atoms with E-state index in [0.717, 1.165) is 47.1 Å². The number of amides is 1. The zero-order valence-electron chi connectivity index (χ0n) is 16.0. The second-order valence-electron chi connectivity index (χ2n) is 7.30. The fourth-order valence-electron chi connectivity index (χ4n) is 4.05. The quantitative estimate of drug-likeness (QED) is 0.550. The minimum atomic E-state index is -0.103. The first kappa shape index (κ1) is 17.8. The van der Waals surface area contributed by atoms with Crippen molar-refractivity contribution in [3.05, 3.63) is 66.1 Å². The van der Waals surface area contributed by atoms with Crippen LogP contribution in [0, 0.1) is 0 Å². The lowest BCUT2D eigenvalue weighted by molar-refractivity contribution is 0.0953. The third-order valence-electron chi connectivity index (χ3n) is 5.48. The van der Waals surface area contributed by atoms with Crippen LogP contribution in [-0.4, -0.2) is 45.3 Å². The largest absolute Gasteiger partial charge is 0.350 e.